The van der Waals surface area contributed by atoms with Crippen molar-refractivity contribution >= 4 is 23.7 Å². The van der Waals surface area contributed by atoms with Crippen LogP contribution in [-0.2, 0) is 4.79 Å². The first-order valence-electron chi connectivity index (χ1n) is 8.47. The number of rotatable bonds is 6. The van der Waals surface area contributed by atoms with E-state index in [9.17, 15) is 14.0 Å². The Balaban J connectivity index is 1.87. The fourth-order valence-corrected chi connectivity index (χ4v) is 3.46. The molecule has 1 atom stereocenters. The molecule has 1 aliphatic rings. The molecule has 10 heteroatoms. The van der Waals surface area contributed by atoms with Crippen molar-refractivity contribution in [3.05, 3.63) is 35.9 Å². The molecule has 1 aliphatic heterocycles. The first-order chi connectivity index (χ1) is 12.9. The van der Waals surface area contributed by atoms with Crippen LogP contribution in [0.3, 0.4) is 0 Å². The molecule has 0 aliphatic carbocycles. The number of imide groups is 1. The van der Waals surface area contributed by atoms with E-state index in [-0.39, 0.29) is 29.6 Å². The quantitative estimate of drug-likeness (QED) is 0.753. The Labute approximate surface area is 160 Å². The lowest BCUT2D eigenvalue weighted by Crippen LogP contribution is -2.35. The Morgan fingerprint density at radius 3 is 2.63 bits per heavy atom. The smallest absolute Gasteiger partial charge is 0.324 e. The third kappa shape index (κ3) is 4.11. The molecule has 27 heavy (non-hydrogen) atoms. The van der Waals surface area contributed by atoms with E-state index >= 15 is 0 Å². The molecule has 3 rings (SSSR count). The van der Waals surface area contributed by atoms with Crippen LogP contribution in [0.4, 0.5) is 9.18 Å². The molecule has 0 saturated carbocycles. The Bertz CT molecular complexity index is 838. The van der Waals surface area contributed by atoms with Gasteiger partial charge in [0.15, 0.2) is 11.0 Å². The van der Waals surface area contributed by atoms with Gasteiger partial charge in [-0.3, -0.25) is 19.2 Å². The number of carbonyl (C=O) groups excluding carboxylic acids is 2. The van der Waals surface area contributed by atoms with E-state index in [1.165, 1.54) is 28.8 Å². The number of thioether (sulfide) groups is 1. The first-order valence-corrected chi connectivity index (χ1v) is 9.45. The number of hydrogen-bond donors (Lipinski definition) is 1. The summed E-state index contributed by atoms with van der Waals surface area (Å²) >= 11 is 1.20. The van der Waals surface area contributed by atoms with Gasteiger partial charge in [-0.1, -0.05) is 11.8 Å². The SMILES string of the molecule is C[C@H](c1nnc(SCC(=O)N2CCNC2=O)n1-c1ccc(F)cc1)N(C)C. The van der Waals surface area contributed by atoms with Gasteiger partial charge in [-0.25, -0.2) is 9.18 Å². The van der Waals surface area contributed by atoms with Crippen molar-refractivity contribution in [3.63, 3.8) is 0 Å². The summed E-state index contributed by atoms with van der Waals surface area (Å²) in [6, 6.07) is 5.61. The number of nitrogens with zero attached hydrogens (tertiary/aromatic N) is 5. The molecule has 1 saturated heterocycles. The third-order valence-electron chi connectivity index (χ3n) is 4.37. The van der Waals surface area contributed by atoms with Gasteiger partial charge in [-0.15, -0.1) is 10.2 Å². The third-order valence-corrected chi connectivity index (χ3v) is 5.29. The van der Waals surface area contributed by atoms with E-state index < -0.39 is 0 Å². The lowest BCUT2D eigenvalue weighted by Gasteiger charge is -2.20. The van der Waals surface area contributed by atoms with Gasteiger partial charge >= 0.3 is 6.03 Å². The first kappa shape index (κ1) is 19.3. The Hall–Kier alpha value is -2.46. The van der Waals surface area contributed by atoms with E-state index in [0.717, 1.165) is 0 Å². The number of halogens is 1. The van der Waals surface area contributed by atoms with E-state index in [2.05, 4.69) is 15.5 Å². The summed E-state index contributed by atoms with van der Waals surface area (Å²) in [6.45, 7) is 2.81. The maximum absolute atomic E-state index is 13.3. The molecule has 3 amide bonds. The molecule has 2 heterocycles. The largest absolute Gasteiger partial charge is 0.336 e. The van der Waals surface area contributed by atoms with Crippen LogP contribution in [0.5, 0.6) is 0 Å². The van der Waals surface area contributed by atoms with Gasteiger partial charge in [0.05, 0.1) is 11.8 Å². The topological polar surface area (TPSA) is 83.4 Å². The summed E-state index contributed by atoms with van der Waals surface area (Å²) in [5.41, 5.74) is 0.707. The predicted octanol–water partition coefficient (Wildman–Crippen LogP) is 1.67. The number of amides is 3. The zero-order chi connectivity index (χ0) is 19.6. The molecule has 0 radical (unpaired) electrons. The maximum Gasteiger partial charge on any atom is 0.324 e. The standard InChI is InChI=1S/C17H21FN6O2S/c1-11(22(2)3)15-20-21-17(24(15)13-6-4-12(18)5-7-13)27-10-14(25)23-9-8-19-16(23)26/h4-7,11H,8-10H2,1-3H3,(H,19,26)/t11-/m1/s1. The number of carbonyl (C=O) groups is 2. The van der Waals surface area contributed by atoms with E-state index in [1.54, 1.807) is 12.1 Å². The number of urea groups is 1. The second-order valence-corrected chi connectivity index (χ2v) is 7.30. The van der Waals surface area contributed by atoms with Gasteiger partial charge < -0.3 is 5.32 Å². The molecule has 0 spiro atoms. The summed E-state index contributed by atoms with van der Waals surface area (Å²) < 4.78 is 15.1. The number of hydrogen-bond acceptors (Lipinski definition) is 6. The van der Waals surface area contributed by atoms with Crippen LogP contribution in [0.15, 0.2) is 29.4 Å². The summed E-state index contributed by atoms with van der Waals surface area (Å²) in [5, 5.41) is 11.6. The van der Waals surface area contributed by atoms with E-state index in [4.69, 9.17) is 0 Å². The number of aromatic nitrogens is 3. The summed E-state index contributed by atoms with van der Waals surface area (Å²) in [5.74, 6) is 0.119. The highest BCUT2D eigenvalue weighted by atomic mass is 32.2. The van der Waals surface area contributed by atoms with Crippen LogP contribution in [0.25, 0.3) is 5.69 Å². The molecule has 1 fully saturated rings. The van der Waals surface area contributed by atoms with Gasteiger partial charge in [0.25, 0.3) is 0 Å². The van der Waals surface area contributed by atoms with Crippen molar-refractivity contribution in [2.75, 3.05) is 32.9 Å². The van der Waals surface area contributed by atoms with Crippen LogP contribution in [0.2, 0.25) is 0 Å². The fourth-order valence-electron chi connectivity index (χ4n) is 2.62. The molecule has 144 valence electrons. The normalized spacial score (nSPS) is 15.3. The number of nitrogens with one attached hydrogen (secondary N) is 1. The van der Waals surface area contributed by atoms with Crippen LogP contribution in [0.1, 0.15) is 18.8 Å². The molecule has 1 N–H and O–H groups in total. The highest BCUT2D eigenvalue weighted by Gasteiger charge is 2.27. The monoisotopic (exact) mass is 392 g/mol. The average Bonchev–Trinajstić information content (AvgIpc) is 3.26. The summed E-state index contributed by atoms with van der Waals surface area (Å²) in [7, 11) is 3.85. The fraction of sp³-hybridized carbons (Fsp3) is 0.412. The van der Waals surface area contributed by atoms with Crippen molar-refractivity contribution in [1.29, 1.82) is 0 Å². The average molecular weight is 392 g/mol. The Morgan fingerprint density at radius 1 is 1.33 bits per heavy atom. The van der Waals surface area contributed by atoms with E-state index in [0.29, 0.717) is 29.8 Å². The molecule has 0 unspecified atom stereocenters. The van der Waals surface area contributed by atoms with Crippen molar-refractivity contribution in [2.24, 2.45) is 0 Å². The molecule has 1 aromatic heterocycles. The summed E-state index contributed by atoms with van der Waals surface area (Å²) in [6.07, 6.45) is 0. The lowest BCUT2D eigenvalue weighted by molar-refractivity contribution is -0.124. The molecular formula is C17H21FN6O2S. The van der Waals surface area contributed by atoms with Gasteiger partial charge in [0.2, 0.25) is 5.91 Å². The van der Waals surface area contributed by atoms with Gasteiger partial charge in [-0.2, -0.15) is 0 Å². The minimum atomic E-state index is -0.373. The van der Waals surface area contributed by atoms with Crippen molar-refractivity contribution in [1.82, 2.24) is 29.9 Å². The van der Waals surface area contributed by atoms with Crippen molar-refractivity contribution < 1.29 is 14.0 Å². The molecule has 0 bridgehead atoms. The number of benzene rings is 1. The molecular weight excluding hydrogens is 371 g/mol. The highest BCUT2D eigenvalue weighted by molar-refractivity contribution is 7.99. The minimum absolute atomic E-state index is 0.0445. The van der Waals surface area contributed by atoms with Crippen LogP contribution >= 0.6 is 11.8 Å². The maximum atomic E-state index is 13.3. The highest BCUT2D eigenvalue weighted by Crippen LogP contribution is 2.27. The molecule has 2 aromatic rings. The minimum Gasteiger partial charge on any atom is -0.336 e. The molecule has 1 aromatic carbocycles. The Kier molecular flexibility index (Phi) is 5.76. The second-order valence-electron chi connectivity index (χ2n) is 6.36. The summed E-state index contributed by atoms with van der Waals surface area (Å²) in [4.78, 5) is 27.1. The van der Waals surface area contributed by atoms with Gasteiger partial charge in [0, 0.05) is 18.8 Å². The van der Waals surface area contributed by atoms with E-state index in [1.807, 2.05) is 30.5 Å². The van der Waals surface area contributed by atoms with Crippen LogP contribution in [-0.4, -0.2) is 69.4 Å². The van der Waals surface area contributed by atoms with Crippen LogP contribution < -0.4 is 5.32 Å². The van der Waals surface area contributed by atoms with Crippen LogP contribution in [0, 0.1) is 5.82 Å². The zero-order valence-corrected chi connectivity index (χ0v) is 16.2. The Morgan fingerprint density at radius 2 is 2.04 bits per heavy atom. The zero-order valence-electron chi connectivity index (χ0n) is 15.3. The molecule has 8 nitrogen and oxygen atoms in total. The van der Waals surface area contributed by atoms with Crippen molar-refractivity contribution in [2.45, 2.75) is 18.1 Å². The van der Waals surface area contributed by atoms with Gasteiger partial charge in [-0.05, 0) is 45.3 Å². The van der Waals surface area contributed by atoms with Crippen molar-refractivity contribution in [3.8, 4) is 5.69 Å². The second kappa shape index (κ2) is 8.05. The van der Waals surface area contributed by atoms with Gasteiger partial charge in [0.1, 0.15) is 5.82 Å². The predicted molar refractivity (Wildman–Crippen MR) is 99.3 cm³/mol. The lowest BCUT2D eigenvalue weighted by atomic mass is 10.2.